The highest BCUT2D eigenvalue weighted by atomic mass is 35.5. The Bertz CT molecular complexity index is 1220. The van der Waals surface area contributed by atoms with Crippen LogP contribution in [0.25, 0.3) is 11.5 Å². The summed E-state index contributed by atoms with van der Waals surface area (Å²) in [4.78, 5) is 12.3. The molecule has 0 aliphatic rings. The highest BCUT2D eigenvalue weighted by molar-refractivity contribution is 6.31. The molecule has 29 heavy (non-hydrogen) atoms. The van der Waals surface area contributed by atoms with Gasteiger partial charge in [-0.15, -0.1) is 15.3 Å². The Balaban J connectivity index is 1.49. The molecule has 4 rings (SSSR count). The fraction of sp³-hybridized carbons (Fsp3) is 0.211. The average Bonchev–Trinajstić information content (AvgIpc) is 3.27. The number of carbonyl (C=O) groups is 1. The molecule has 8 nitrogen and oxygen atoms in total. The molecule has 0 radical (unpaired) electrons. The third-order valence-corrected chi connectivity index (χ3v) is 4.90. The van der Waals surface area contributed by atoms with Crippen LogP contribution in [0.15, 0.2) is 36.7 Å². The summed E-state index contributed by atoms with van der Waals surface area (Å²) in [6, 6.07) is 7.71. The topological polar surface area (TPSA) is 90.0 Å². The van der Waals surface area contributed by atoms with Crippen LogP contribution in [0.2, 0.25) is 5.02 Å². The van der Waals surface area contributed by atoms with Gasteiger partial charge in [0.05, 0.1) is 10.7 Å². The fourth-order valence-corrected chi connectivity index (χ4v) is 3.31. The van der Waals surface area contributed by atoms with Gasteiger partial charge >= 0.3 is 0 Å². The molecule has 3 heterocycles. The summed E-state index contributed by atoms with van der Waals surface area (Å²) in [5, 5.41) is 19.5. The van der Waals surface area contributed by atoms with Crippen molar-refractivity contribution >= 4 is 28.8 Å². The van der Waals surface area contributed by atoms with E-state index in [0.29, 0.717) is 23.6 Å². The van der Waals surface area contributed by atoms with Crippen molar-refractivity contribution in [2.24, 2.45) is 0 Å². The van der Waals surface area contributed by atoms with E-state index < -0.39 is 5.82 Å². The molecule has 0 saturated carbocycles. The predicted octanol–water partition coefficient (Wildman–Crippen LogP) is 3.29. The molecule has 0 unspecified atom stereocenters. The van der Waals surface area contributed by atoms with Gasteiger partial charge in [-0.1, -0.05) is 11.6 Å². The average molecular weight is 414 g/mol. The van der Waals surface area contributed by atoms with E-state index in [-0.39, 0.29) is 17.4 Å². The molecule has 0 atom stereocenters. The van der Waals surface area contributed by atoms with Gasteiger partial charge in [0.25, 0.3) is 0 Å². The summed E-state index contributed by atoms with van der Waals surface area (Å²) in [7, 11) is 0. The number of amides is 1. The summed E-state index contributed by atoms with van der Waals surface area (Å²) < 4.78 is 16.6. The van der Waals surface area contributed by atoms with E-state index in [1.54, 1.807) is 9.20 Å². The molecule has 4 aromatic rings. The number of rotatable bonds is 5. The lowest BCUT2D eigenvalue weighted by Gasteiger charge is -2.07. The van der Waals surface area contributed by atoms with Crippen molar-refractivity contribution in [2.75, 3.05) is 5.32 Å². The number of benzene rings is 1. The van der Waals surface area contributed by atoms with Crippen molar-refractivity contribution in [3.05, 3.63) is 64.5 Å². The molecule has 0 saturated heterocycles. The standard InChI is InChI=1S/C19H17ClFN7O/c1-11-14(4-8-19(29)23-13-3-5-16(21)15(20)9-13)12(2)28(25-11)18-7-6-17-24-22-10-27(17)26-18/h3,5-7,9-10H,4,8H2,1-2H3,(H,23,29). The molecular formula is C19H17ClFN7O. The molecule has 3 aromatic heterocycles. The number of carbonyl (C=O) groups excluding carboxylic acids is 1. The maximum Gasteiger partial charge on any atom is 0.224 e. The number of aryl methyl sites for hydroxylation is 1. The quantitative estimate of drug-likeness (QED) is 0.542. The third kappa shape index (κ3) is 3.81. The number of hydrogen-bond donors (Lipinski definition) is 1. The van der Waals surface area contributed by atoms with Gasteiger partial charge in [-0.05, 0) is 56.2 Å². The Morgan fingerprint density at radius 3 is 2.83 bits per heavy atom. The zero-order valence-electron chi connectivity index (χ0n) is 15.7. The highest BCUT2D eigenvalue weighted by Crippen LogP contribution is 2.21. The molecule has 10 heteroatoms. The second kappa shape index (κ2) is 7.59. The second-order valence-electron chi connectivity index (χ2n) is 6.56. The Morgan fingerprint density at radius 2 is 2.03 bits per heavy atom. The molecule has 148 valence electrons. The lowest BCUT2D eigenvalue weighted by atomic mass is 10.1. The van der Waals surface area contributed by atoms with Gasteiger partial charge < -0.3 is 5.32 Å². The van der Waals surface area contributed by atoms with Crippen LogP contribution in [0.1, 0.15) is 23.4 Å². The van der Waals surface area contributed by atoms with Crippen molar-refractivity contribution in [3.63, 3.8) is 0 Å². The molecule has 1 amide bonds. The van der Waals surface area contributed by atoms with Gasteiger partial charge in [-0.3, -0.25) is 4.79 Å². The summed E-state index contributed by atoms with van der Waals surface area (Å²) >= 11 is 5.75. The van der Waals surface area contributed by atoms with Gasteiger partial charge in [-0.25, -0.2) is 9.07 Å². The van der Waals surface area contributed by atoms with E-state index in [1.807, 2.05) is 26.0 Å². The fourth-order valence-electron chi connectivity index (χ4n) is 3.13. The Kier molecular flexibility index (Phi) is 4.98. The maximum atomic E-state index is 13.2. The Morgan fingerprint density at radius 1 is 1.21 bits per heavy atom. The van der Waals surface area contributed by atoms with Crippen LogP contribution >= 0.6 is 11.6 Å². The molecule has 1 N–H and O–H groups in total. The van der Waals surface area contributed by atoms with Crippen LogP contribution < -0.4 is 5.32 Å². The molecular weight excluding hydrogens is 397 g/mol. The lowest BCUT2D eigenvalue weighted by Crippen LogP contribution is -2.13. The molecule has 0 aliphatic carbocycles. The van der Waals surface area contributed by atoms with Gasteiger partial charge in [0.15, 0.2) is 11.5 Å². The van der Waals surface area contributed by atoms with E-state index >= 15 is 0 Å². The van der Waals surface area contributed by atoms with E-state index in [0.717, 1.165) is 17.0 Å². The summed E-state index contributed by atoms with van der Waals surface area (Å²) in [5.41, 5.74) is 3.80. The van der Waals surface area contributed by atoms with Crippen molar-refractivity contribution < 1.29 is 9.18 Å². The molecule has 1 aromatic carbocycles. The van der Waals surface area contributed by atoms with E-state index in [1.165, 1.54) is 24.5 Å². The minimum Gasteiger partial charge on any atom is -0.326 e. The SMILES string of the molecule is Cc1nn(-c2ccc3nncn3n2)c(C)c1CCC(=O)Nc1ccc(F)c(Cl)c1. The molecule has 0 aliphatic heterocycles. The van der Waals surface area contributed by atoms with Gasteiger partial charge in [0, 0.05) is 17.8 Å². The van der Waals surface area contributed by atoms with Crippen molar-refractivity contribution in [1.29, 1.82) is 0 Å². The van der Waals surface area contributed by atoms with E-state index in [9.17, 15) is 9.18 Å². The first-order valence-corrected chi connectivity index (χ1v) is 9.27. The smallest absolute Gasteiger partial charge is 0.224 e. The minimum absolute atomic E-state index is 0.0340. The third-order valence-electron chi connectivity index (χ3n) is 4.61. The van der Waals surface area contributed by atoms with Crippen LogP contribution in [-0.2, 0) is 11.2 Å². The van der Waals surface area contributed by atoms with E-state index in [2.05, 4.69) is 25.7 Å². The van der Waals surface area contributed by atoms with Gasteiger partial charge in [-0.2, -0.15) is 9.61 Å². The highest BCUT2D eigenvalue weighted by Gasteiger charge is 2.16. The second-order valence-corrected chi connectivity index (χ2v) is 6.97. The molecule has 0 bridgehead atoms. The summed E-state index contributed by atoms with van der Waals surface area (Å²) in [6.45, 7) is 3.83. The number of fused-ring (bicyclic) bond motifs is 1. The Labute approximate surface area is 170 Å². The largest absolute Gasteiger partial charge is 0.326 e. The zero-order chi connectivity index (χ0) is 20.5. The minimum atomic E-state index is -0.526. The normalized spacial score (nSPS) is 11.2. The predicted molar refractivity (Wildman–Crippen MR) is 106 cm³/mol. The van der Waals surface area contributed by atoms with Gasteiger partial charge in [0.1, 0.15) is 12.1 Å². The number of nitrogens with zero attached hydrogens (tertiary/aromatic N) is 6. The number of anilines is 1. The van der Waals surface area contributed by atoms with Gasteiger partial charge in [0.2, 0.25) is 5.91 Å². The number of nitrogens with one attached hydrogen (secondary N) is 1. The number of halogens is 2. The monoisotopic (exact) mass is 413 g/mol. The lowest BCUT2D eigenvalue weighted by molar-refractivity contribution is -0.116. The first kappa shape index (κ1) is 19.0. The van der Waals surface area contributed by atoms with Crippen molar-refractivity contribution in [3.8, 4) is 5.82 Å². The first-order chi connectivity index (χ1) is 13.9. The van der Waals surface area contributed by atoms with Crippen LogP contribution in [0.3, 0.4) is 0 Å². The van der Waals surface area contributed by atoms with Crippen LogP contribution in [0.5, 0.6) is 0 Å². The molecule has 0 spiro atoms. The number of hydrogen-bond acceptors (Lipinski definition) is 5. The Hall–Kier alpha value is -3.33. The van der Waals surface area contributed by atoms with Crippen LogP contribution in [0, 0.1) is 19.7 Å². The summed E-state index contributed by atoms with van der Waals surface area (Å²) in [5.74, 6) is -0.0839. The maximum absolute atomic E-state index is 13.2. The van der Waals surface area contributed by atoms with E-state index in [4.69, 9.17) is 11.6 Å². The van der Waals surface area contributed by atoms with Crippen LogP contribution in [0.4, 0.5) is 10.1 Å². The molecule has 0 fully saturated rings. The van der Waals surface area contributed by atoms with Crippen molar-refractivity contribution in [2.45, 2.75) is 26.7 Å². The van der Waals surface area contributed by atoms with Crippen molar-refractivity contribution in [1.82, 2.24) is 29.6 Å². The van der Waals surface area contributed by atoms with Crippen LogP contribution in [-0.4, -0.2) is 35.5 Å². The summed E-state index contributed by atoms with van der Waals surface area (Å²) in [6.07, 6.45) is 2.28. The first-order valence-electron chi connectivity index (χ1n) is 8.90. The zero-order valence-corrected chi connectivity index (χ0v) is 16.5. The number of aromatic nitrogens is 6.